The monoisotopic (exact) mass is 300 g/mol. The zero-order valence-corrected chi connectivity index (χ0v) is 11.8. The van der Waals surface area contributed by atoms with Crippen LogP contribution < -0.4 is 5.32 Å². The van der Waals surface area contributed by atoms with Crippen molar-refractivity contribution in [1.82, 2.24) is 10.3 Å². The summed E-state index contributed by atoms with van der Waals surface area (Å²) in [5.74, 6) is 0. The Hall–Kier alpha value is -1.40. The molecule has 2 heterocycles. The van der Waals surface area contributed by atoms with E-state index in [2.05, 4.69) is 10.3 Å². The highest BCUT2D eigenvalue weighted by Crippen LogP contribution is 2.35. The van der Waals surface area contributed by atoms with Crippen LogP contribution in [0.25, 0.3) is 0 Å². The second-order valence-electron chi connectivity index (χ2n) is 4.41. The second-order valence-corrected chi connectivity index (χ2v) is 5.19. The number of aromatic nitrogens is 1. The second kappa shape index (κ2) is 6.37. The number of likely N-dealkylation sites (N-methyl/N-ethyl adjacent to an activating group) is 1. The summed E-state index contributed by atoms with van der Waals surface area (Å²) in [6.07, 6.45) is -1.35. The lowest BCUT2D eigenvalue weighted by molar-refractivity contribution is -0.138. The maximum atomic E-state index is 13.1. The number of rotatable bonds is 5. The van der Waals surface area contributed by atoms with Crippen molar-refractivity contribution in [3.8, 4) is 0 Å². The third kappa shape index (κ3) is 3.58. The molecule has 0 spiro atoms. The first kappa shape index (κ1) is 15.0. The molecule has 20 heavy (non-hydrogen) atoms. The van der Waals surface area contributed by atoms with Gasteiger partial charge in [0.05, 0.1) is 5.56 Å². The van der Waals surface area contributed by atoms with E-state index in [1.807, 2.05) is 23.8 Å². The molecule has 2 aromatic heterocycles. The summed E-state index contributed by atoms with van der Waals surface area (Å²) in [7, 11) is 0. The Kier molecular flexibility index (Phi) is 4.77. The average Bonchev–Trinajstić information content (AvgIpc) is 2.90. The van der Waals surface area contributed by atoms with Gasteiger partial charge in [-0.25, -0.2) is 0 Å². The van der Waals surface area contributed by atoms with Crippen molar-refractivity contribution >= 4 is 11.3 Å². The molecule has 0 radical (unpaired) electrons. The fourth-order valence-corrected chi connectivity index (χ4v) is 2.81. The van der Waals surface area contributed by atoms with Crippen molar-refractivity contribution in [3.63, 3.8) is 0 Å². The van der Waals surface area contributed by atoms with Crippen molar-refractivity contribution < 1.29 is 13.2 Å². The van der Waals surface area contributed by atoms with Gasteiger partial charge in [0, 0.05) is 18.4 Å². The lowest BCUT2D eigenvalue weighted by Crippen LogP contribution is -2.26. The van der Waals surface area contributed by atoms with Gasteiger partial charge in [0.2, 0.25) is 0 Å². The normalized spacial score (nSPS) is 13.4. The van der Waals surface area contributed by atoms with E-state index in [0.29, 0.717) is 13.0 Å². The molecule has 0 aliphatic carbocycles. The van der Waals surface area contributed by atoms with E-state index >= 15 is 0 Å². The smallest absolute Gasteiger partial charge is 0.310 e. The summed E-state index contributed by atoms with van der Waals surface area (Å²) in [5, 5.41) is 6.99. The minimum atomic E-state index is -4.36. The molecule has 0 amide bonds. The van der Waals surface area contributed by atoms with Gasteiger partial charge in [-0.15, -0.1) is 0 Å². The van der Waals surface area contributed by atoms with E-state index in [-0.39, 0.29) is 11.6 Å². The molecule has 108 valence electrons. The highest BCUT2D eigenvalue weighted by atomic mass is 32.1. The Bertz CT molecular complexity index is 538. The fraction of sp³-hybridized carbons (Fsp3) is 0.357. The number of nitrogens with zero attached hydrogens (tertiary/aromatic N) is 1. The Labute approximate surface area is 119 Å². The number of alkyl halides is 3. The van der Waals surface area contributed by atoms with Crippen molar-refractivity contribution in [1.29, 1.82) is 0 Å². The van der Waals surface area contributed by atoms with Crippen molar-refractivity contribution in [3.05, 3.63) is 52.0 Å². The maximum absolute atomic E-state index is 13.1. The van der Waals surface area contributed by atoms with E-state index in [1.165, 1.54) is 23.7 Å². The van der Waals surface area contributed by atoms with Gasteiger partial charge in [-0.05, 0) is 47.0 Å². The van der Waals surface area contributed by atoms with Crippen LogP contribution in [0.5, 0.6) is 0 Å². The van der Waals surface area contributed by atoms with Crippen LogP contribution in [-0.4, -0.2) is 11.5 Å². The van der Waals surface area contributed by atoms with Crippen LogP contribution in [0, 0.1) is 0 Å². The van der Waals surface area contributed by atoms with E-state index in [4.69, 9.17) is 0 Å². The van der Waals surface area contributed by atoms with E-state index in [0.717, 1.165) is 11.6 Å². The standard InChI is InChI=1S/C14H15F3N2S/c1-2-19-13(7-10-4-6-20-9-10)11-8-18-5-3-12(11)14(15,16)17/h3-6,8-9,13,19H,2,7H2,1H3. The highest BCUT2D eigenvalue weighted by Gasteiger charge is 2.35. The number of thiophene rings is 1. The molecule has 1 N–H and O–H groups in total. The Morgan fingerprint density at radius 1 is 1.35 bits per heavy atom. The Morgan fingerprint density at radius 3 is 2.75 bits per heavy atom. The van der Waals surface area contributed by atoms with Gasteiger partial charge in [-0.3, -0.25) is 4.98 Å². The van der Waals surface area contributed by atoms with Crippen LogP contribution in [0.15, 0.2) is 35.3 Å². The summed E-state index contributed by atoms with van der Waals surface area (Å²) in [5.41, 5.74) is 0.611. The third-order valence-electron chi connectivity index (χ3n) is 3.00. The summed E-state index contributed by atoms with van der Waals surface area (Å²) in [6.45, 7) is 2.48. The molecule has 1 atom stereocenters. The topological polar surface area (TPSA) is 24.9 Å². The third-order valence-corrected chi connectivity index (χ3v) is 3.74. The minimum Gasteiger partial charge on any atom is -0.310 e. The van der Waals surface area contributed by atoms with Crippen LogP contribution in [0.3, 0.4) is 0 Å². The molecule has 0 saturated carbocycles. The lowest BCUT2D eigenvalue weighted by Gasteiger charge is -2.21. The highest BCUT2D eigenvalue weighted by molar-refractivity contribution is 7.07. The molecule has 1 unspecified atom stereocenters. The van der Waals surface area contributed by atoms with Crippen LogP contribution in [0.1, 0.15) is 29.7 Å². The maximum Gasteiger partial charge on any atom is 0.416 e. The van der Waals surface area contributed by atoms with E-state index in [1.54, 1.807) is 0 Å². The van der Waals surface area contributed by atoms with Gasteiger partial charge in [0.1, 0.15) is 0 Å². The summed E-state index contributed by atoms with van der Waals surface area (Å²) in [6, 6.07) is 2.58. The van der Waals surface area contributed by atoms with Crippen LogP contribution in [-0.2, 0) is 12.6 Å². The lowest BCUT2D eigenvalue weighted by atomic mass is 9.97. The van der Waals surface area contributed by atoms with Gasteiger partial charge in [0.15, 0.2) is 0 Å². The molecular weight excluding hydrogens is 285 g/mol. The quantitative estimate of drug-likeness (QED) is 0.901. The number of nitrogens with one attached hydrogen (secondary N) is 1. The number of hydrogen-bond donors (Lipinski definition) is 1. The molecule has 0 aliphatic heterocycles. The molecular formula is C14H15F3N2S. The molecule has 0 aromatic carbocycles. The van der Waals surface area contributed by atoms with Crippen molar-refractivity contribution in [2.45, 2.75) is 25.6 Å². The number of halogens is 3. The van der Waals surface area contributed by atoms with Crippen LogP contribution >= 0.6 is 11.3 Å². The van der Waals surface area contributed by atoms with E-state index in [9.17, 15) is 13.2 Å². The molecule has 0 bridgehead atoms. The average molecular weight is 300 g/mol. The first-order chi connectivity index (χ1) is 9.52. The van der Waals surface area contributed by atoms with Gasteiger partial charge >= 0.3 is 6.18 Å². The molecule has 2 nitrogen and oxygen atoms in total. The molecule has 0 fully saturated rings. The summed E-state index contributed by atoms with van der Waals surface area (Å²) >= 11 is 1.54. The predicted octanol–water partition coefficient (Wildman–Crippen LogP) is 4.06. The first-order valence-corrected chi connectivity index (χ1v) is 7.22. The SMILES string of the molecule is CCNC(Cc1ccsc1)c1cnccc1C(F)(F)F. The number of pyridine rings is 1. The number of hydrogen-bond acceptors (Lipinski definition) is 3. The summed E-state index contributed by atoms with van der Waals surface area (Å²) < 4.78 is 39.2. The Balaban J connectivity index is 2.34. The fourth-order valence-electron chi connectivity index (χ4n) is 2.13. The van der Waals surface area contributed by atoms with E-state index < -0.39 is 11.7 Å². The van der Waals surface area contributed by atoms with Crippen molar-refractivity contribution in [2.75, 3.05) is 6.54 Å². The van der Waals surface area contributed by atoms with Crippen LogP contribution in [0.4, 0.5) is 13.2 Å². The van der Waals surface area contributed by atoms with Gasteiger partial charge in [-0.2, -0.15) is 24.5 Å². The van der Waals surface area contributed by atoms with Gasteiger partial charge < -0.3 is 5.32 Å². The zero-order valence-electron chi connectivity index (χ0n) is 10.9. The predicted molar refractivity (Wildman–Crippen MR) is 73.7 cm³/mol. The molecule has 2 rings (SSSR count). The zero-order chi connectivity index (χ0) is 14.6. The van der Waals surface area contributed by atoms with Gasteiger partial charge in [0.25, 0.3) is 0 Å². The summed E-state index contributed by atoms with van der Waals surface area (Å²) in [4.78, 5) is 3.85. The van der Waals surface area contributed by atoms with Crippen molar-refractivity contribution in [2.24, 2.45) is 0 Å². The molecule has 0 aliphatic rings. The van der Waals surface area contributed by atoms with Crippen LogP contribution in [0.2, 0.25) is 0 Å². The largest absolute Gasteiger partial charge is 0.416 e. The van der Waals surface area contributed by atoms with Gasteiger partial charge in [-0.1, -0.05) is 6.92 Å². The minimum absolute atomic E-state index is 0.202. The molecule has 6 heteroatoms. The molecule has 2 aromatic rings. The first-order valence-electron chi connectivity index (χ1n) is 6.28. The Morgan fingerprint density at radius 2 is 2.15 bits per heavy atom. The molecule has 0 saturated heterocycles.